The zero-order valence-electron chi connectivity index (χ0n) is 17.8. The van der Waals surface area contributed by atoms with Crippen LogP contribution in [0.3, 0.4) is 0 Å². The Labute approximate surface area is 186 Å². The zero-order chi connectivity index (χ0) is 21.9. The molecule has 4 aromatic heterocycles. The van der Waals surface area contributed by atoms with Crippen LogP contribution in [0.5, 0.6) is 0 Å². The SMILES string of the molecule is Cc1c(C(=O)N2CCC(c3ccncc3)CC2)cnn1-c1nccc(-c2cccnc2)n1. The predicted octanol–water partition coefficient (Wildman–Crippen LogP) is 3.45. The number of hydrogen-bond acceptors (Lipinski definition) is 6. The van der Waals surface area contributed by atoms with Gasteiger partial charge in [0.1, 0.15) is 0 Å². The van der Waals surface area contributed by atoms with Crippen LogP contribution in [-0.4, -0.2) is 53.6 Å². The molecule has 1 fully saturated rings. The van der Waals surface area contributed by atoms with Crippen molar-refractivity contribution in [2.75, 3.05) is 13.1 Å². The highest BCUT2D eigenvalue weighted by Crippen LogP contribution is 2.28. The minimum Gasteiger partial charge on any atom is -0.338 e. The lowest BCUT2D eigenvalue weighted by molar-refractivity contribution is 0.0712. The molecule has 1 aliphatic rings. The van der Waals surface area contributed by atoms with E-state index in [9.17, 15) is 4.79 Å². The maximum atomic E-state index is 13.2. The summed E-state index contributed by atoms with van der Waals surface area (Å²) in [6, 6.07) is 9.77. The first kappa shape index (κ1) is 20.0. The average molecular weight is 425 g/mol. The monoisotopic (exact) mass is 425 g/mol. The van der Waals surface area contributed by atoms with E-state index >= 15 is 0 Å². The summed E-state index contributed by atoms with van der Waals surface area (Å²) in [4.78, 5) is 32.4. The topological polar surface area (TPSA) is 89.7 Å². The molecule has 8 nitrogen and oxygen atoms in total. The van der Waals surface area contributed by atoms with E-state index in [4.69, 9.17) is 0 Å². The molecule has 160 valence electrons. The Hall–Kier alpha value is -3.94. The van der Waals surface area contributed by atoms with Gasteiger partial charge in [0.2, 0.25) is 0 Å². The highest BCUT2D eigenvalue weighted by molar-refractivity contribution is 5.95. The molecule has 0 spiro atoms. The van der Waals surface area contributed by atoms with Crippen LogP contribution in [-0.2, 0) is 0 Å². The molecule has 0 atom stereocenters. The van der Waals surface area contributed by atoms with Crippen LogP contribution in [0.15, 0.2) is 67.5 Å². The number of carbonyl (C=O) groups is 1. The lowest BCUT2D eigenvalue weighted by Crippen LogP contribution is -2.38. The van der Waals surface area contributed by atoms with Crippen molar-refractivity contribution in [2.24, 2.45) is 0 Å². The quantitative estimate of drug-likeness (QED) is 0.498. The number of carbonyl (C=O) groups excluding carboxylic acids is 1. The fraction of sp³-hybridized carbons (Fsp3) is 0.250. The number of amides is 1. The Morgan fingerprint density at radius 1 is 0.969 bits per heavy atom. The highest BCUT2D eigenvalue weighted by atomic mass is 16.2. The summed E-state index contributed by atoms with van der Waals surface area (Å²) >= 11 is 0. The molecule has 0 saturated carbocycles. The Balaban J connectivity index is 1.33. The van der Waals surface area contributed by atoms with E-state index in [-0.39, 0.29) is 5.91 Å². The zero-order valence-corrected chi connectivity index (χ0v) is 17.8. The van der Waals surface area contributed by atoms with Crippen LogP contribution in [0.1, 0.15) is 40.4 Å². The van der Waals surface area contributed by atoms with E-state index in [0.29, 0.717) is 17.4 Å². The number of piperidine rings is 1. The van der Waals surface area contributed by atoms with Crippen LogP contribution in [0.2, 0.25) is 0 Å². The summed E-state index contributed by atoms with van der Waals surface area (Å²) < 4.78 is 1.62. The van der Waals surface area contributed by atoms with Crippen molar-refractivity contribution in [3.05, 3.63) is 84.3 Å². The second-order valence-corrected chi connectivity index (χ2v) is 7.89. The number of rotatable bonds is 4. The minimum atomic E-state index is 0.00495. The van der Waals surface area contributed by atoms with Crippen molar-refractivity contribution in [1.82, 2.24) is 34.6 Å². The van der Waals surface area contributed by atoms with Crippen molar-refractivity contribution in [3.63, 3.8) is 0 Å². The molecule has 1 amide bonds. The molecule has 5 rings (SSSR count). The summed E-state index contributed by atoms with van der Waals surface area (Å²) in [6.07, 6.45) is 12.3. The van der Waals surface area contributed by atoms with Gasteiger partial charge in [0.05, 0.1) is 23.1 Å². The van der Waals surface area contributed by atoms with E-state index in [2.05, 4.69) is 37.2 Å². The number of aromatic nitrogens is 6. The molecule has 0 radical (unpaired) electrons. The molecule has 1 aliphatic heterocycles. The maximum Gasteiger partial charge on any atom is 0.257 e. The molecule has 0 N–H and O–H groups in total. The average Bonchev–Trinajstić information content (AvgIpc) is 3.26. The summed E-state index contributed by atoms with van der Waals surface area (Å²) in [5.74, 6) is 0.902. The molecule has 0 unspecified atom stereocenters. The third kappa shape index (κ3) is 3.87. The molecule has 4 aromatic rings. The van der Waals surface area contributed by atoms with Gasteiger partial charge in [-0.15, -0.1) is 0 Å². The van der Waals surface area contributed by atoms with Gasteiger partial charge in [-0.05, 0) is 61.6 Å². The molecule has 8 heteroatoms. The standard InChI is InChI=1S/C24H23N7O/c1-17-21(23(32)30-13-7-19(8-14-30)18-4-10-25-11-5-18)16-28-31(17)24-27-12-6-22(29-24)20-3-2-9-26-15-20/h2-6,9-12,15-16,19H,7-8,13-14H2,1H3. The van der Waals surface area contributed by atoms with Crippen LogP contribution in [0.25, 0.3) is 17.2 Å². The first-order chi connectivity index (χ1) is 15.7. The van der Waals surface area contributed by atoms with Crippen molar-refractivity contribution in [1.29, 1.82) is 0 Å². The van der Waals surface area contributed by atoms with Crippen LogP contribution < -0.4 is 0 Å². The van der Waals surface area contributed by atoms with E-state index in [0.717, 1.165) is 42.9 Å². The van der Waals surface area contributed by atoms with E-state index < -0.39 is 0 Å². The smallest absolute Gasteiger partial charge is 0.257 e. The molecular weight excluding hydrogens is 402 g/mol. The van der Waals surface area contributed by atoms with E-state index in [1.807, 2.05) is 42.4 Å². The highest BCUT2D eigenvalue weighted by Gasteiger charge is 2.27. The Kier molecular flexibility index (Phi) is 5.41. The van der Waals surface area contributed by atoms with Crippen molar-refractivity contribution in [3.8, 4) is 17.2 Å². The second kappa shape index (κ2) is 8.66. The Morgan fingerprint density at radius 3 is 2.53 bits per heavy atom. The van der Waals surface area contributed by atoms with Crippen LogP contribution in [0, 0.1) is 6.92 Å². The normalized spacial score (nSPS) is 14.5. The van der Waals surface area contributed by atoms with Crippen molar-refractivity contribution < 1.29 is 4.79 Å². The van der Waals surface area contributed by atoms with E-state index in [1.54, 1.807) is 29.5 Å². The van der Waals surface area contributed by atoms with Gasteiger partial charge in [-0.25, -0.2) is 14.6 Å². The number of hydrogen-bond donors (Lipinski definition) is 0. The fourth-order valence-corrected chi connectivity index (χ4v) is 4.17. The van der Waals surface area contributed by atoms with Gasteiger partial charge in [-0.3, -0.25) is 14.8 Å². The molecule has 0 aliphatic carbocycles. The molecule has 0 aromatic carbocycles. The predicted molar refractivity (Wildman–Crippen MR) is 119 cm³/mol. The molecule has 0 bridgehead atoms. The summed E-state index contributed by atoms with van der Waals surface area (Å²) in [6.45, 7) is 3.33. The summed E-state index contributed by atoms with van der Waals surface area (Å²) in [5, 5.41) is 4.42. The van der Waals surface area contributed by atoms with Gasteiger partial charge >= 0.3 is 0 Å². The number of likely N-dealkylation sites (tertiary alicyclic amines) is 1. The number of pyridine rings is 2. The van der Waals surface area contributed by atoms with Gasteiger partial charge in [-0.1, -0.05) is 0 Å². The molecule has 32 heavy (non-hydrogen) atoms. The lowest BCUT2D eigenvalue weighted by atomic mass is 9.90. The second-order valence-electron chi connectivity index (χ2n) is 7.89. The van der Waals surface area contributed by atoms with Crippen LogP contribution in [0.4, 0.5) is 0 Å². The molecule has 5 heterocycles. The maximum absolute atomic E-state index is 13.2. The van der Waals surface area contributed by atoms with Crippen LogP contribution >= 0.6 is 0 Å². The molecular formula is C24H23N7O. The summed E-state index contributed by atoms with van der Waals surface area (Å²) in [7, 11) is 0. The first-order valence-electron chi connectivity index (χ1n) is 10.7. The lowest BCUT2D eigenvalue weighted by Gasteiger charge is -2.32. The van der Waals surface area contributed by atoms with Gasteiger partial charge in [0, 0.05) is 49.6 Å². The van der Waals surface area contributed by atoms with Gasteiger partial charge in [0.25, 0.3) is 11.9 Å². The molecule has 1 saturated heterocycles. The third-order valence-corrected chi connectivity index (χ3v) is 5.99. The fourth-order valence-electron chi connectivity index (χ4n) is 4.17. The van der Waals surface area contributed by atoms with Gasteiger partial charge in [-0.2, -0.15) is 5.10 Å². The summed E-state index contributed by atoms with van der Waals surface area (Å²) in [5.41, 5.74) is 4.26. The number of nitrogens with zero attached hydrogens (tertiary/aromatic N) is 7. The third-order valence-electron chi connectivity index (χ3n) is 5.99. The largest absolute Gasteiger partial charge is 0.338 e. The van der Waals surface area contributed by atoms with Crippen molar-refractivity contribution >= 4 is 5.91 Å². The Morgan fingerprint density at radius 2 is 1.78 bits per heavy atom. The van der Waals surface area contributed by atoms with Gasteiger partial charge < -0.3 is 4.90 Å². The van der Waals surface area contributed by atoms with Gasteiger partial charge in [0.15, 0.2) is 0 Å². The van der Waals surface area contributed by atoms with E-state index in [1.165, 1.54) is 5.56 Å². The minimum absolute atomic E-state index is 0.00495. The van der Waals surface area contributed by atoms with Crippen molar-refractivity contribution in [2.45, 2.75) is 25.7 Å². The Bertz CT molecular complexity index is 1220. The first-order valence-corrected chi connectivity index (χ1v) is 10.7.